The molecule has 0 aliphatic carbocycles. The smallest absolute Gasteiger partial charge is 0.387 e. The highest BCUT2D eigenvalue weighted by molar-refractivity contribution is 7.89. The molecule has 9 nitrogen and oxygen atoms in total. The van der Waals surface area contributed by atoms with Crippen molar-refractivity contribution in [2.24, 2.45) is 0 Å². The molecule has 35 heavy (non-hydrogen) atoms. The summed E-state index contributed by atoms with van der Waals surface area (Å²) in [6.07, 6.45) is 2.47. The van der Waals surface area contributed by atoms with Gasteiger partial charge in [0.25, 0.3) is 5.91 Å². The number of esters is 1. The Kier molecular flexibility index (Phi) is 8.90. The monoisotopic (exact) mass is 510 g/mol. The molecule has 188 valence electrons. The van der Waals surface area contributed by atoms with Crippen LogP contribution in [0.15, 0.2) is 53.4 Å². The number of amides is 1. The van der Waals surface area contributed by atoms with E-state index in [9.17, 15) is 26.8 Å². The minimum Gasteiger partial charge on any atom is -0.452 e. The van der Waals surface area contributed by atoms with E-state index in [0.29, 0.717) is 24.3 Å². The number of morpholine rings is 1. The molecule has 0 unspecified atom stereocenters. The van der Waals surface area contributed by atoms with Crippen molar-refractivity contribution >= 4 is 33.7 Å². The predicted molar refractivity (Wildman–Crippen MR) is 122 cm³/mol. The molecule has 3 rings (SSSR count). The number of anilines is 1. The van der Waals surface area contributed by atoms with Crippen LogP contribution >= 0.6 is 0 Å². The van der Waals surface area contributed by atoms with Crippen molar-refractivity contribution in [3.05, 3.63) is 59.7 Å². The van der Waals surface area contributed by atoms with Crippen molar-refractivity contribution < 1.29 is 41.0 Å². The van der Waals surface area contributed by atoms with Crippen LogP contribution in [-0.2, 0) is 29.1 Å². The number of aryl methyl sites for hydroxylation is 1. The van der Waals surface area contributed by atoms with Crippen molar-refractivity contribution in [3.8, 4) is 5.75 Å². The van der Waals surface area contributed by atoms with Crippen LogP contribution in [0.5, 0.6) is 5.75 Å². The van der Waals surface area contributed by atoms with Crippen LogP contribution in [0.2, 0.25) is 0 Å². The summed E-state index contributed by atoms with van der Waals surface area (Å²) < 4.78 is 65.7. The van der Waals surface area contributed by atoms with Gasteiger partial charge in [-0.2, -0.15) is 13.1 Å². The number of benzene rings is 2. The Morgan fingerprint density at radius 1 is 1.14 bits per heavy atom. The van der Waals surface area contributed by atoms with Gasteiger partial charge in [0, 0.05) is 24.9 Å². The number of hydrogen-bond acceptors (Lipinski definition) is 7. The number of carbonyl (C=O) groups excluding carboxylic acids is 2. The van der Waals surface area contributed by atoms with E-state index in [4.69, 9.17) is 9.47 Å². The lowest BCUT2D eigenvalue weighted by Gasteiger charge is -2.26. The average Bonchev–Trinajstić information content (AvgIpc) is 2.83. The first-order valence-corrected chi connectivity index (χ1v) is 12.0. The summed E-state index contributed by atoms with van der Waals surface area (Å²) >= 11 is 0. The largest absolute Gasteiger partial charge is 0.452 e. The zero-order valence-electron chi connectivity index (χ0n) is 18.8. The minimum absolute atomic E-state index is 0.0199. The van der Waals surface area contributed by atoms with Gasteiger partial charge in [0.1, 0.15) is 5.75 Å². The fourth-order valence-corrected chi connectivity index (χ4v) is 4.56. The van der Waals surface area contributed by atoms with E-state index in [1.807, 2.05) is 0 Å². The van der Waals surface area contributed by atoms with Crippen molar-refractivity contribution in [1.82, 2.24) is 4.31 Å². The molecular weight excluding hydrogens is 486 g/mol. The second kappa shape index (κ2) is 11.9. The van der Waals surface area contributed by atoms with E-state index in [1.165, 1.54) is 46.8 Å². The first-order chi connectivity index (χ1) is 16.6. The maximum absolute atomic E-state index is 12.8. The number of ether oxygens (including phenoxy) is 3. The molecule has 12 heteroatoms. The molecular formula is C23H24F2N2O7S. The van der Waals surface area contributed by atoms with Gasteiger partial charge in [-0.05, 0) is 48.4 Å². The second-order valence-electron chi connectivity index (χ2n) is 7.43. The van der Waals surface area contributed by atoms with Gasteiger partial charge in [-0.15, -0.1) is 0 Å². The second-order valence-corrected chi connectivity index (χ2v) is 9.37. The van der Waals surface area contributed by atoms with E-state index >= 15 is 0 Å². The van der Waals surface area contributed by atoms with Crippen LogP contribution in [0.25, 0.3) is 6.08 Å². The Balaban J connectivity index is 1.55. The fourth-order valence-electron chi connectivity index (χ4n) is 3.13. The summed E-state index contributed by atoms with van der Waals surface area (Å²) in [6, 6.07) is 9.98. The van der Waals surface area contributed by atoms with Crippen LogP contribution in [0.1, 0.15) is 11.1 Å². The Bertz CT molecular complexity index is 1180. The lowest BCUT2D eigenvalue weighted by molar-refractivity contribution is -0.142. The van der Waals surface area contributed by atoms with Crippen molar-refractivity contribution in [3.63, 3.8) is 0 Å². The Morgan fingerprint density at radius 2 is 1.83 bits per heavy atom. The molecule has 2 aromatic rings. The predicted octanol–water partition coefficient (Wildman–Crippen LogP) is 2.81. The summed E-state index contributed by atoms with van der Waals surface area (Å²) in [5, 5.41) is 2.55. The number of sulfonamides is 1. The molecule has 0 saturated carbocycles. The molecule has 0 radical (unpaired) electrons. The Labute approximate surface area is 201 Å². The lowest BCUT2D eigenvalue weighted by atomic mass is 10.2. The number of rotatable bonds is 9. The number of carbonyl (C=O) groups is 2. The third kappa shape index (κ3) is 7.57. The van der Waals surface area contributed by atoms with Crippen molar-refractivity contribution in [1.29, 1.82) is 0 Å². The van der Waals surface area contributed by atoms with Crippen LogP contribution in [-0.4, -0.2) is 64.1 Å². The standard InChI is InChI=1S/C23H24F2N2O7S/c1-16-2-8-19(35(30,31)27-10-12-32-13-11-27)14-20(16)26-21(28)15-33-22(29)9-5-17-3-6-18(7-4-17)34-23(24)25/h2-9,14,23H,10-13,15H2,1H3,(H,26,28)/b9-5+. The first-order valence-electron chi connectivity index (χ1n) is 10.5. The van der Waals surface area contributed by atoms with Gasteiger partial charge < -0.3 is 19.5 Å². The maximum Gasteiger partial charge on any atom is 0.387 e. The molecule has 2 aromatic carbocycles. The third-order valence-corrected chi connectivity index (χ3v) is 6.85. The maximum atomic E-state index is 12.8. The Morgan fingerprint density at radius 3 is 2.49 bits per heavy atom. The van der Waals surface area contributed by atoms with Gasteiger partial charge in [0.05, 0.1) is 18.1 Å². The number of nitrogens with one attached hydrogen (secondary N) is 1. The zero-order chi connectivity index (χ0) is 25.4. The third-order valence-electron chi connectivity index (χ3n) is 4.95. The fraction of sp³-hybridized carbons (Fsp3) is 0.304. The number of alkyl halides is 2. The topological polar surface area (TPSA) is 111 Å². The number of nitrogens with zero attached hydrogens (tertiary/aromatic N) is 1. The summed E-state index contributed by atoms with van der Waals surface area (Å²) in [5.41, 5.74) is 1.44. The highest BCUT2D eigenvalue weighted by Gasteiger charge is 2.27. The highest BCUT2D eigenvalue weighted by Crippen LogP contribution is 2.23. The molecule has 0 bridgehead atoms. The van der Waals surface area contributed by atoms with Crippen LogP contribution < -0.4 is 10.1 Å². The number of halogens is 2. The normalized spacial score (nSPS) is 14.7. The first kappa shape index (κ1) is 26.3. The van der Waals surface area contributed by atoms with E-state index < -0.39 is 35.1 Å². The molecule has 0 spiro atoms. The molecule has 1 aliphatic rings. The molecule has 1 aliphatic heterocycles. The molecule has 1 amide bonds. The Hall–Kier alpha value is -3.35. The molecule has 1 saturated heterocycles. The van der Waals surface area contributed by atoms with Gasteiger partial charge in [-0.1, -0.05) is 18.2 Å². The lowest BCUT2D eigenvalue weighted by Crippen LogP contribution is -2.40. The zero-order valence-corrected chi connectivity index (χ0v) is 19.6. The van der Waals surface area contributed by atoms with Crippen LogP contribution in [0.3, 0.4) is 0 Å². The summed E-state index contributed by atoms with van der Waals surface area (Å²) in [5.74, 6) is -1.47. The highest BCUT2D eigenvalue weighted by atomic mass is 32.2. The SMILES string of the molecule is Cc1ccc(S(=O)(=O)N2CCOCC2)cc1NC(=O)COC(=O)/C=C/c1ccc(OC(F)F)cc1. The van der Waals surface area contributed by atoms with Crippen LogP contribution in [0.4, 0.5) is 14.5 Å². The molecule has 1 N–H and O–H groups in total. The van der Waals surface area contributed by atoms with Gasteiger partial charge in [-0.3, -0.25) is 4.79 Å². The minimum atomic E-state index is -3.74. The van der Waals surface area contributed by atoms with Crippen molar-refractivity contribution in [2.75, 3.05) is 38.2 Å². The summed E-state index contributed by atoms with van der Waals surface area (Å²) in [6.45, 7) is -0.709. The van der Waals surface area contributed by atoms with Crippen LogP contribution in [0, 0.1) is 6.92 Å². The molecule has 0 atom stereocenters. The summed E-state index contributed by atoms with van der Waals surface area (Å²) in [4.78, 5) is 24.2. The summed E-state index contributed by atoms with van der Waals surface area (Å²) in [7, 11) is -3.74. The van der Waals surface area contributed by atoms with Gasteiger partial charge in [0.2, 0.25) is 10.0 Å². The van der Waals surface area contributed by atoms with E-state index in [2.05, 4.69) is 10.1 Å². The van der Waals surface area contributed by atoms with Gasteiger partial charge in [0.15, 0.2) is 6.61 Å². The van der Waals surface area contributed by atoms with E-state index in [1.54, 1.807) is 13.0 Å². The molecule has 0 aromatic heterocycles. The van der Waals surface area contributed by atoms with Crippen molar-refractivity contribution in [2.45, 2.75) is 18.4 Å². The van der Waals surface area contributed by atoms with E-state index in [0.717, 1.165) is 6.08 Å². The molecule has 1 fully saturated rings. The average molecular weight is 511 g/mol. The molecule has 1 heterocycles. The van der Waals surface area contributed by atoms with Gasteiger partial charge >= 0.3 is 12.6 Å². The van der Waals surface area contributed by atoms with E-state index in [-0.39, 0.29) is 29.4 Å². The van der Waals surface area contributed by atoms with Gasteiger partial charge in [-0.25, -0.2) is 13.2 Å². The quantitative estimate of drug-likeness (QED) is 0.408. The number of hydrogen-bond donors (Lipinski definition) is 1.